The molecule has 0 atom stereocenters. The third kappa shape index (κ3) is 5.81. The Hall–Kier alpha value is -3.49. The van der Waals surface area contributed by atoms with Gasteiger partial charge in [-0.25, -0.2) is 9.97 Å². The first-order valence-corrected chi connectivity index (χ1v) is 10.7. The number of aromatic nitrogens is 2. The van der Waals surface area contributed by atoms with Crippen molar-refractivity contribution in [1.29, 1.82) is 0 Å². The summed E-state index contributed by atoms with van der Waals surface area (Å²) >= 11 is 0. The Morgan fingerprint density at radius 2 is 1.75 bits per heavy atom. The SMILES string of the molecule is CCOCC(=O)Nc1ccc(-c2ccnc(Nc3ccc(N4CCOCC4)cc3)n2)cc1. The summed E-state index contributed by atoms with van der Waals surface area (Å²) in [4.78, 5) is 23.1. The van der Waals surface area contributed by atoms with Gasteiger partial charge in [0, 0.05) is 48.5 Å². The van der Waals surface area contributed by atoms with Crippen LogP contribution < -0.4 is 15.5 Å². The lowest BCUT2D eigenvalue weighted by atomic mass is 10.1. The molecule has 4 rings (SSSR count). The molecule has 0 saturated carbocycles. The van der Waals surface area contributed by atoms with Crippen molar-refractivity contribution in [2.24, 2.45) is 0 Å². The maximum absolute atomic E-state index is 11.8. The second-order valence-electron chi connectivity index (χ2n) is 7.30. The average Bonchev–Trinajstić information content (AvgIpc) is 2.84. The third-order valence-corrected chi connectivity index (χ3v) is 5.06. The van der Waals surface area contributed by atoms with E-state index in [1.54, 1.807) is 6.20 Å². The topological polar surface area (TPSA) is 88.6 Å². The smallest absolute Gasteiger partial charge is 0.250 e. The van der Waals surface area contributed by atoms with Crippen molar-refractivity contribution in [3.63, 3.8) is 0 Å². The second kappa shape index (κ2) is 10.7. The molecule has 166 valence electrons. The molecule has 32 heavy (non-hydrogen) atoms. The third-order valence-electron chi connectivity index (χ3n) is 5.06. The van der Waals surface area contributed by atoms with Crippen LogP contribution in [-0.4, -0.2) is 55.4 Å². The molecule has 1 saturated heterocycles. The number of carbonyl (C=O) groups is 1. The van der Waals surface area contributed by atoms with Gasteiger partial charge < -0.3 is 25.0 Å². The van der Waals surface area contributed by atoms with E-state index in [0.29, 0.717) is 18.2 Å². The summed E-state index contributed by atoms with van der Waals surface area (Å²) in [5.74, 6) is 0.350. The Bertz CT molecular complexity index is 1020. The molecule has 1 fully saturated rings. The highest BCUT2D eigenvalue weighted by Gasteiger charge is 2.11. The zero-order valence-electron chi connectivity index (χ0n) is 18.1. The van der Waals surface area contributed by atoms with Gasteiger partial charge in [-0.3, -0.25) is 4.79 Å². The monoisotopic (exact) mass is 433 g/mol. The Labute approximate surface area is 187 Å². The fourth-order valence-corrected chi connectivity index (χ4v) is 3.40. The minimum atomic E-state index is -0.173. The zero-order chi connectivity index (χ0) is 22.2. The summed E-state index contributed by atoms with van der Waals surface area (Å²) < 4.78 is 10.5. The first-order chi connectivity index (χ1) is 15.7. The van der Waals surface area contributed by atoms with Crippen LogP contribution in [0.3, 0.4) is 0 Å². The van der Waals surface area contributed by atoms with E-state index in [1.807, 2.05) is 49.4 Å². The second-order valence-corrected chi connectivity index (χ2v) is 7.30. The van der Waals surface area contributed by atoms with Gasteiger partial charge in [0.2, 0.25) is 11.9 Å². The van der Waals surface area contributed by atoms with Gasteiger partial charge in [0.15, 0.2) is 0 Å². The molecular formula is C24H27N5O3. The fourth-order valence-electron chi connectivity index (χ4n) is 3.40. The highest BCUT2D eigenvalue weighted by Crippen LogP contribution is 2.23. The predicted molar refractivity (Wildman–Crippen MR) is 125 cm³/mol. The number of ether oxygens (including phenoxy) is 2. The molecule has 0 unspecified atom stereocenters. The molecule has 1 aliphatic rings. The average molecular weight is 434 g/mol. The van der Waals surface area contributed by atoms with E-state index >= 15 is 0 Å². The van der Waals surface area contributed by atoms with Crippen LogP contribution >= 0.6 is 0 Å². The Morgan fingerprint density at radius 1 is 1.03 bits per heavy atom. The van der Waals surface area contributed by atoms with Crippen LogP contribution in [0.25, 0.3) is 11.3 Å². The molecule has 8 nitrogen and oxygen atoms in total. The molecule has 2 heterocycles. The van der Waals surface area contributed by atoms with Crippen LogP contribution in [-0.2, 0) is 14.3 Å². The fraction of sp³-hybridized carbons (Fsp3) is 0.292. The number of hydrogen-bond acceptors (Lipinski definition) is 7. The summed E-state index contributed by atoms with van der Waals surface area (Å²) in [6, 6.07) is 17.6. The standard InChI is InChI=1S/C24H27N5O3/c1-2-31-17-23(30)26-19-5-3-18(4-6-19)22-11-12-25-24(28-22)27-20-7-9-21(10-8-20)29-13-15-32-16-14-29/h3-12H,2,13-17H2,1H3,(H,26,30)(H,25,27,28). The van der Waals surface area contributed by atoms with Crippen LogP contribution in [0.4, 0.5) is 23.0 Å². The number of anilines is 4. The van der Waals surface area contributed by atoms with E-state index in [4.69, 9.17) is 9.47 Å². The minimum Gasteiger partial charge on any atom is -0.378 e. The molecular weight excluding hydrogens is 406 g/mol. The van der Waals surface area contributed by atoms with E-state index in [9.17, 15) is 4.79 Å². The van der Waals surface area contributed by atoms with Gasteiger partial charge in [-0.15, -0.1) is 0 Å². The number of hydrogen-bond donors (Lipinski definition) is 2. The number of benzene rings is 2. The van der Waals surface area contributed by atoms with Gasteiger partial charge in [0.25, 0.3) is 0 Å². The molecule has 1 amide bonds. The van der Waals surface area contributed by atoms with Gasteiger partial charge in [0.05, 0.1) is 18.9 Å². The molecule has 3 aromatic rings. The van der Waals surface area contributed by atoms with Crippen molar-refractivity contribution in [3.05, 3.63) is 60.8 Å². The lowest BCUT2D eigenvalue weighted by molar-refractivity contribution is -0.120. The molecule has 2 N–H and O–H groups in total. The summed E-state index contributed by atoms with van der Waals surface area (Å²) in [5.41, 5.74) is 4.54. The first kappa shape index (κ1) is 21.7. The number of rotatable bonds is 8. The van der Waals surface area contributed by atoms with Gasteiger partial charge in [-0.1, -0.05) is 12.1 Å². The van der Waals surface area contributed by atoms with E-state index < -0.39 is 0 Å². The van der Waals surface area contributed by atoms with Gasteiger partial charge in [0.1, 0.15) is 6.61 Å². The lowest BCUT2D eigenvalue weighted by Crippen LogP contribution is -2.36. The van der Waals surface area contributed by atoms with E-state index in [-0.39, 0.29) is 12.5 Å². The van der Waals surface area contributed by atoms with E-state index in [0.717, 1.165) is 43.2 Å². The van der Waals surface area contributed by atoms with Gasteiger partial charge in [-0.2, -0.15) is 0 Å². The van der Waals surface area contributed by atoms with Crippen molar-refractivity contribution < 1.29 is 14.3 Å². The highest BCUT2D eigenvalue weighted by molar-refractivity contribution is 5.91. The summed E-state index contributed by atoms with van der Waals surface area (Å²) in [7, 11) is 0. The summed E-state index contributed by atoms with van der Waals surface area (Å²) in [5, 5.41) is 6.07. The van der Waals surface area contributed by atoms with Crippen molar-refractivity contribution in [1.82, 2.24) is 9.97 Å². The molecule has 2 aromatic carbocycles. The molecule has 0 spiro atoms. The van der Waals surface area contributed by atoms with Crippen molar-refractivity contribution in [3.8, 4) is 11.3 Å². The van der Waals surface area contributed by atoms with Gasteiger partial charge >= 0.3 is 0 Å². The number of nitrogens with one attached hydrogen (secondary N) is 2. The predicted octanol–water partition coefficient (Wildman–Crippen LogP) is 3.70. The summed E-state index contributed by atoms with van der Waals surface area (Å²) in [6.07, 6.45) is 1.73. The van der Waals surface area contributed by atoms with E-state index in [2.05, 4.69) is 37.6 Å². The van der Waals surface area contributed by atoms with E-state index in [1.165, 1.54) is 5.69 Å². The minimum absolute atomic E-state index is 0.0482. The molecule has 0 radical (unpaired) electrons. The quantitative estimate of drug-likeness (QED) is 0.560. The number of morpholine rings is 1. The van der Waals surface area contributed by atoms with Crippen LogP contribution in [0.1, 0.15) is 6.92 Å². The lowest BCUT2D eigenvalue weighted by Gasteiger charge is -2.28. The number of carbonyl (C=O) groups excluding carboxylic acids is 1. The highest BCUT2D eigenvalue weighted by atomic mass is 16.5. The molecule has 1 aromatic heterocycles. The number of nitrogens with zero attached hydrogens (tertiary/aromatic N) is 3. The van der Waals surface area contributed by atoms with Crippen LogP contribution in [0, 0.1) is 0 Å². The Balaban J connectivity index is 1.39. The van der Waals surface area contributed by atoms with Crippen molar-refractivity contribution in [2.75, 3.05) is 55.1 Å². The van der Waals surface area contributed by atoms with Crippen molar-refractivity contribution >= 4 is 28.9 Å². The van der Waals surface area contributed by atoms with Crippen LogP contribution in [0.15, 0.2) is 60.8 Å². The zero-order valence-corrected chi connectivity index (χ0v) is 18.1. The van der Waals surface area contributed by atoms with Crippen LogP contribution in [0.5, 0.6) is 0 Å². The molecule has 1 aliphatic heterocycles. The molecule has 0 bridgehead atoms. The first-order valence-electron chi connectivity index (χ1n) is 10.7. The normalized spacial score (nSPS) is 13.6. The van der Waals surface area contributed by atoms with Crippen LogP contribution in [0.2, 0.25) is 0 Å². The largest absolute Gasteiger partial charge is 0.378 e. The van der Waals surface area contributed by atoms with Crippen molar-refractivity contribution in [2.45, 2.75) is 6.92 Å². The maximum atomic E-state index is 11.8. The molecule has 0 aliphatic carbocycles. The Morgan fingerprint density at radius 3 is 2.47 bits per heavy atom. The number of amides is 1. The summed E-state index contributed by atoms with van der Waals surface area (Å²) in [6.45, 7) is 5.76. The molecule has 8 heteroatoms. The van der Waals surface area contributed by atoms with Gasteiger partial charge in [-0.05, 0) is 49.4 Å². The Kier molecular flexibility index (Phi) is 7.27. The maximum Gasteiger partial charge on any atom is 0.250 e.